The van der Waals surface area contributed by atoms with Crippen LogP contribution in [0.4, 0.5) is 0 Å². The number of hydrogen-bond donors (Lipinski definition) is 0. The topological polar surface area (TPSA) is 0 Å². The van der Waals surface area contributed by atoms with Crippen LogP contribution in [-0.2, 0) is 0 Å². The van der Waals surface area contributed by atoms with E-state index in [1.165, 1.54) is 25.3 Å². The lowest BCUT2D eigenvalue weighted by atomic mass is 10.3. The Labute approximate surface area is 61.2 Å². The van der Waals surface area contributed by atoms with E-state index in [2.05, 4.69) is 13.5 Å². The van der Waals surface area contributed by atoms with Crippen molar-refractivity contribution in [3.8, 4) is 0 Å². The zero-order valence-corrected chi connectivity index (χ0v) is 7.74. The highest BCUT2D eigenvalue weighted by molar-refractivity contribution is 6.78. The van der Waals surface area contributed by atoms with E-state index in [1.807, 2.05) is 0 Å². The molecule has 1 heteroatoms. The first-order valence-electron chi connectivity index (χ1n) is 4.27. The highest BCUT2D eigenvalue weighted by Gasteiger charge is 2.26. The van der Waals surface area contributed by atoms with Crippen LogP contribution in [0.1, 0.15) is 27.6 Å². The summed E-state index contributed by atoms with van der Waals surface area (Å²) in [4.78, 5) is 0. The van der Waals surface area contributed by atoms with Gasteiger partial charge in [-0.2, -0.15) is 0 Å². The van der Waals surface area contributed by atoms with Crippen molar-refractivity contribution in [3.63, 3.8) is 0 Å². The van der Waals surface area contributed by atoms with Gasteiger partial charge in [-0.25, -0.2) is 0 Å². The molecular formula is C8H19Si+. The van der Waals surface area contributed by atoms with Crippen LogP contribution >= 0.6 is 0 Å². The standard InChI is InChI=1S/C8H18Si/c1-3-9(2)7-5-4-6-8-9/h3-8H2,1-2H3/p+1. The van der Waals surface area contributed by atoms with Crippen molar-refractivity contribution in [2.45, 2.75) is 50.9 Å². The van der Waals surface area contributed by atoms with Crippen LogP contribution in [0, 0.1) is 0 Å². The van der Waals surface area contributed by atoms with Crippen molar-refractivity contribution in [1.82, 2.24) is 0 Å². The van der Waals surface area contributed by atoms with E-state index in [-0.39, 0.29) is 1.43 Å². The molecule has 0 amide bonds. The Balaban J connectivity index is 0.000000810. The van der Waals surface area contributed by atoms with Gasteiger partial charge in [-0.05, 0) is 0 Å². The van der Waals surface area contributed by atoms with E-state index in [4.69, 9.17) is 0 Å². The summed E-state index contributed by atoms with van der Waals surface area (Å²) in [6, 6.07) is 4.75. The molecular weight excluding hydrogens is 124 g/mol. The summed E-state index contributed by atoms with van der Waals surface area (Å²) in [5.41, 5.74) is 0. The molecule has 0 saturated carbocycles. The van der Waals surface area contributed by atoms with Gasteiger partial charge in [0.25, 0.3) is 0 Å². The predicted octanol–water partition coefficient (Wildman–Crippen LogP) is 3.38. The van der Waals surface area contributed by atoms with Crippen LogP contribution in [0.15, 0.2) is 0 Å². The molecule has 0 bridgehead atoms. The van der Waals surface area contributed by atoms with Crippen molar-refractivity contribution in [2.75, 3.05) is 0 Å². The third kappa shape index (κ3) is 1.82. The number of rotatable bonds is 1. The maximum atomic E-state index is 2.58. The molecule has 0 N–H and O–H groups in total. The Morgan fingerprint density at radius 3 is 2.11 bits per heavy atom. The van der Waals surface area contributed by atoms with Crippen LogP contribution in [0.25, 0.3) is 0 Å². The molecule has 0 unspecified atom stereocenters. The Morgan fingerprint density at radius 1 is 1.22 bits per heavy atom. The van der Waals surface area contributed by atoms with Crippen LogP contribution in [0.2, 0.25) is 24.7 Å². The minimum atomic E-state index is -0.611. The summed E-state index contributed by atoms with van der Waals surface area (Å²) in [6.45, 7) is 4.96. The minimum Gasteiger partial charge on any atom is -0.0692 e. The zero-order chi connectivity index (χ0) is 6.74. The maximum Gasteiger partial charge on any atom is 1.00 e. The fraction of sp³-hybridized carbons (Fsp3) is 1.00. The van der Waals surface area contributed by atoms with Crippen molar-refractivity contribution < 1.29 is 1.43 Å². The Morgan fingerprint density at radius 2 is 1.78 bits per heavy atom. The average molecular weight is 143 g/mol. The zero-order valence-electron chi connectivity index (χ0n) is 7.74. The van der Waals surface area contributed by atoms with E-state index in [0.717, 1.165) is 0 Å². The highest BCUT2D eigenvalue weighted by atomic mass is 28.3. The molecule has 0 radical (unpaired) electrons. The molecule has 1 aliphatic heterocycles. The summed E-state index contributed by atoms with van der Waals surface area (Å²) < 4.78 is 0. The van der Waals surface area contributed by atoms with Crippen molar-refractivity contribution in [1.29, 1.82) is 0 Å². The van der Waals surface area contributed by atoms with E-state index < -0.39 is 8.07 Å². The first-order valence-corrected chi connectivity index (χ1v) is 7.39. The minimum absolute atomic E-state index is 0. The van der Waals surface area contributed by atoms with Gasteiger partial charge in [-0.3, -0.25) is 0 Å². The second-order valence-corrected chi connectivity index (χ2v) is 9.05. The van der Waals surface area contributed by atoms with Crippen molar-refractivity contribution in [3.05, 3.63) is 0 Å². The summed E-state index contributed by atoms with van der Waals surface area (Å²) in [7, 11) is -0.611. The molecule has 9 heavy (non-hydrogen) atoms. The molecule has 0 spiro atoms. The monoisotopic (exact) mass is 143 g/mol. The largest absolute Gasteiger partial charge is 1.00 e. The van der Waals surface area contributed by atoms with Crippen LogP contribution in [0.5, 0.6) is 0 Å². The van der Waals surface area contributed by atoms with Gasteiger partial charge < -0.3 is 0 Å². The smallest absolute Gasteiger partial charge is 0.0692 e. The van der Waals surface area contributed by atoms with Gasteiger partial charge in [0.2, 0.25) is 0 Å². The SMILES string of the molecule is CC[Si]1(C)CCCCC1.[H+]. The molecule has 1 saturated heterocycles. The van der Waals surface area contributed by atoms with Gasteiger partial charge in [0, 0.05) is 0 Å². The molecule has 0 atom stereocenters. The van der Waals surface area contributed by atoms with Crippen molar-refractivity contribution >= 4 is 8.07 Å². The lowest BCUT2D eigenvalue weighted by Crippen LogP contribution is -2.30. The fourth-order valence-electron chi connectivity index (χ4n) is 1.76. The van der Waals surface area contributed by atoms with Crippen LogP contribution < -0.4 is 0 Å². The molecule has 1 fully saturated rings. The first-order chi connectivity index (χ1) is 4.27. The maximum absolute atomic E-state index is 2.58. The van der Waals surface area contributed by atoms with Gasteiger partial charge in [-0.15, -0.1) is 0 Å². The normalized spacial score (nSPS) is 26.0. The molecule has 1 rings (SSSR count). The predicted molar refractivity (Wildman–Crippen MR) is 46.7 cm³/mol. The molecule has 54 valence electrons. The second kappa shape index (κ2) is 2.87. The molecule has 0 aromatic carbocycles. The summed E-state index contributed by atoms with van der Waals surface area (Å²) >= 11 is 0. The fourth-order valence-corrected chi connectivity index (χ4v) is 4.92. The summed E-state index contributed by atoms with van der Waals surface area (Å²) in [6.07, 6.45) is 4.59. The second-order valence-electron chi connectivity index (χ2n) is 3.72. The third-order valence-electron chi connectivity index (χ3n) is 2.91. The average Bonchev–Trinajstić information content (AvgIpc) is 1.90. The van der Waals surface area contributed by atoms with E-state index in [9.17, 15) is 0 Å². The van der Waals surface area contributed by atoms with E-state index >= 15 is 0 Å². The van der Waals surface area contributed by atoms with E-state index in [1.54, 1.807) is 12.1 Å². The molecule has 1 aliphatic rings. The molecule has 0 nitrogen and oxygen atoms in total. The lowest BCUT2D eigenvalue weighted by molar-refractivity contribution is 0.708. The van der Waals surface area contributed by atoms with E-state index in [0.29, 0.717) is 0 Å². The molecule has 0 aliphatic carbocycles. The van der Waals surface area contributed by atoms with Gasteiger partial charge in [0.1, 0.15) is 0 Å². The molecule has 1 heterocycles. The van der Waals surface area contributed by atoms with Crippen LogP contribution in [0.3, 0.4) is 0 Å². The quantitative estimate of drug-likeness (QED) is 0.494. The van der Waals surface area contributed by atoms with Gasteiger partial charge in [0.15, 0.2) is 0 Å². The summed E-state index contributed by atoms with van der Waals surface area (Å²) in [5, 5.41) is 0. The number of hydrogen-bond acceptors (Lipinski definition) is 0. The first kappa shape index (κ1) is 7.33. The van der Waals surface area contributed by atoms with Gasteiger partial charge >= 0.3 is 1.43 Å². The Kier molecular flexibility index (Phi) is 2.33. The van der Waals surface area contributed by atoms with Gasteiger partial charge in [-0.1, -0.05) is 50.9 Å². The third-order valence-corrected chi connectivity index (χ3v) is 7.74. The molecule has 0 aromatic rings. The van der Waals surface area contributed by atoms with Crippen LogP contribution in [-0.4, -0.2) is 8.07 Å². The lowest BCUT2D eigenvalue weighted by Gasteiger charge is -2.29. The molecule has 0 aromatic heterocycles. The van der Waals surface area contributed by atoms with Crippen molar-refractivity contribution in [2.24, 2.45) is 0 Å². The Hall–Kier alpha value is 0.217. The van der Waals surface area contributed by atoms with Gasteiger partial charge in [0.05, 0.1) is 8.07 Å². The Bertz CT molecular complexity index is 87.3. The highest BCUT2D eigenvalue weighted by Crippen LogP contribution is 2.30. The summed E-state index contributed by atoms with van der Waals surface area (Å²) in [5.74, 6) is 0.